The predicted molar refractivity (Wildman–Crippen MR) is 103 cm³/mol. The summed E-state index contributed by atoms with van der Waals surface area (Å²) in [6, 6.07) is 8.67. The molecule has 0 unspecified atom stereocenters. The summed E-state index contributed by atoms with van der Waals surface area (Å²) in [5.74, 6) is -1.44. The molecule has 140 valence electrons. The first-order chi connectivity index (χ1) is 12.8. The van der Waals surface area contributed by atoms with Gasteiger partial charge in [0.25, 0.3) is 0 Å². The number of methoxy groups -OCH3 is 1. The Morgan fingerprint density at radius 1 is 1.22 bits per heavy atom. The molecule has 3 rings (SSSR count). The zero-order valence-corrected chi connectivity index (χ0v) is 16.0. The molecule has 2 aromatic carbocycles. The number of phenols is 1. The first-order valence-electron chi connectivity index (χ1n) is 7.88. The average molecular weight is 408 g/mol. The van der Waals surface area contributed by atoms with E-state index >= 15 is 0 Å². The topological polar surface area (TPSA) is 66.8 Å². The lowest BCUT2D eigenvalue weighted by atomic mass is 10.1. The quantitative estimate of drug-likeness (QED) is 0.634. The summed E-state index contributed by atoms with van der Waals surface area (Å²) in [5, 5.41) is 10.8. The number of hydrogen-bond donors (Lipinski definition) is 1. The van der Waals surface area contributed by atoms with E-state index in [1.807, 2.05) is 0 Å². The van der Waals surface area contributed by atoms with Crippen molar-refractivity contribution in [2.45, 2.75) is 13.5 Å². The van der Waals surface area contributed by atoms with E-state index in [9.17, 15) is 19.1 Å². The molecule has 1 N–H and O–H groups in total. The van der Waals surface area contributed by atoms with Crippen molar-refractivity contribution >= 4 is 49.9 Å². The van der Waals surface area contributed by atoms with Crippen LogP contribution in [-0.2, 0) is 16.1 Å². The smallest absolute Gasteiger partial charge is 0.341 e. The van der Waals surface area contributed by atoms with Crippen LogP contribution < -0.4 is 4.90 Å². The summed E-state index contributed by atoms with van der Waals surface area (Å²) in [6.45, 7) is 1.50. The van der Waals surface area contributed by atoms with E-state index in [-0.39, 0.29) is 34.6 Å². The van der Waals surface area contributed by atoms with Gasteiger partial charge in [0.15, 0.2) is 0 Å². The van der Waals surface area contributed by atoms with Crippen molar-refractivity contribution in [1.82, 2.24) is 0 Å². The number of nitrogens with zero attached hydrogens (tertiary/aromatic N) is 1. The molecule has 0 fully saturated rings. The Hall–Kier alpha value is -2.64. The van der Waals surface area contributed by atoms with Crippen LogP contribution in [0.3, 0.4) is 0 Å². The highest BCUT2D eigenvalue weighted by atomic mass is 35.5. The zero-order valence-electron chi connectivity index (χ0n) is 14.5. The summed E-state index contributed by atoms with van der Waals surface area (Å²) < 4.78 is 18.5. The third-order valence-electron chi connectivity index (χ3n) is 4.03. The fourth-order valence-electron chi connectivity index (χ4n) is 2.69. The van der Waals surface area contributed by atoms with E-state index in [0.29, 0.717) is 20.7 Å². The third kappa shape index (κ3) is 3.61. The molecule has 27 heavy (non-hydrogen) atoms. The summed E-state index contributed by atoms with van der Waals surface area (Å²) in [6.07, 6.45) is 0. The molecule has 3 aromatic rings. The minimum atomic E-state index is -0.622. The largest absolute Gasteiger partial charge is 0.506 e. The Morgan fingerprint density at radius 2 is 1.89 bits per heavy atom. The van der Waals surface area contributed by atoms with Gasteiger partial charge in [0.2, 0.25) is 5.91 Å². The van der Waals surface area contributed by atoms with Gasteiger partial charge in [0, 0.05) is 12.3 Å². The Morgan fingerprint density at radius 3 is 2.48 bits per heavy atom. The number of amides is 1. The maximum absolute atomic E-state index is 13.2. The van der Waals surface area contributed by atoms with Gasteiger partial charge in [-0.05, 0) is 29.8 Å². The van der Waals surface area contributed by atoms with Crippen molar-refractivity contribution in [3.05, 3.63) is 58.4 Å². The second-order valence-electron chi connectivity index (χ2n) is 5.78. The van der Waals surface area contributed by atoms with E-state index < -0.39 is 5.97 Å². The highest BCUT2D eigenvalue weighted by molar-refractivity contribution is 7.24. The van der Waals surface area contributed by atoms with Crippen LogP contribution in [0.2, 0.25) is 5.02 Å². The minimum Gasteiger partial charge on any atom is -0.506 e. The monoisotopic (exact) mass is 407 g/mol. The van der Waals surface area contributed by atoms with Gasteiger partial charge in [0.05, 0.1) is 18.4 Å². The zero-order chi connectivity index (χ0) is 19.7. The second-order valence-corrected chi connectivity index (χ2v) is 7.16. The summed E-state index contributed by atoms with van der Waals surface area (Å²) in [4.78, 5) is 26.2. The Labute approximate surface area is 163 Å². The fraction of sp³-hybridized carbons (Fsp3) is 0.158. The lowest BCUT2D eigenvalue weighted by molar-refractivity contribution is -0.116. The molecule has 0 radical (unpaired) electrons. The molecule has 0 atom stereocenters. The van der Waals surface area contributed by atoms with Crippen LogP contribution in [0.4, 0.5) is 9.39 Å². The van der Waals surface area contributed by atoms with Crippen LogP contribution in [0, 0.1) is 5.82 Å². The van der Waals surface area contributed by atoms with Crippen molar-refractivity contribution < 1.29 is 23.8 Å². The van der Waals surface area contributed by atoms with Gasteiger partial charge >= 0.3 is 5.97 Å². The van der Waals surface area contributed by atoms with E-state index in [1.165, 1.54) is 37.1 Å². The highest BCUT2D eigenvalue weighted by Gasteiger charge is 2.27. The van der Waals surface area contributed by atoms with Crippen molar-refractivity contribution in [2.24, 2.45) is 0 Å². The van der Waals surface area contributed by atoms with Gasteiger partial charge in [-0.15, -0.1) is 11.3 Å². The number of fused-ring (bicyclic) bond motifs is 1. The summed E-state index contributed by atoms with van der Waals surface area (Å²) in [5.41, 5.74) is 0.880. The van der Waals surface area contributed by atoms with Crippen molar-refractivity contribution in [3.8, 4) is 5.75 Å². The van der Waals surface area contributed by atoms with Crippen LogP contribution in [0.25, 0.3) is 10.1 Å². The highest BCUT2D eigenvalue weighted by Crippen LogP contribution is 2.45. The van der Waals surface area contributed by atoms with Gasteiger partial charge in [-0.2, -0.15) is 0 Å². The standard InChI is InChI=1S/C19H15ClFNO4S/c1-10(23)22(9-11-3-5-12(21)6-4-11)18-15(19(25)26-2)13-7-8-14(24)16(20)17(13)27-18/h3-8,24H,9H2,1-2H3. The molecule has 0 bridgehead atoms. The molecule has 1 aromatic heterocycles. The number of thiophene rings is 1. The van der Waals surface area contributed by atoms with Gasteiger partial charge in [-0.25, -0.2) is 9.18 Å². The number of ether oxygens (including phenoxy) is 1. The maximum atomic E-state index is 13.2. The van der Waals surface area contributed by atoms with Crippen LogP contribution in [0.1, 0.15) is 22.8 Å². The van der Waals surface area contributed by atoms with Crippen molar-refractivity contribution in [2.75, 3.05) is 12.0 Å². The van der Waals surface area contributed by atoms with E-state index in [2.05, 4.69) is 0 Å². The normalized spacial score (nSPS) is 10.8. The first-order valence-corrected chi connectivity index (χ1v) is 9.07. The van der Waals surface area contributed by atoms with Gasteiger partial charge in [-0.1, -0.05) is 23.7 Å². The van der Waals surface area contributed by atoms with E-state index in [1.54, 1.807) is 18.2 Å². The van der Waals surface area contributed by atoms with Gasteiger partial charge in [-0.3, -0.25) is 9.69 Å². The van der Waals surface area contributed by atoms with Crippen LogP contribution in [-0.4, -0.2) is 24.1 Å². The van der Waals surface area contributed by atoms with E-state index in [4.69, 9.17) is 16.3 Å². The molecule has 0 aliphatic heterocycles. The minimum absolute atomic E-state index is 0.0965. The second kappa shape index (κ2) is 7.54. The Balaban J connectivity index is 2.19. The number of benzene rings is 2. The van der Waals surface area contributed by atoms with E-state index in [0.717, 1.165) is 11.3 Å². The molecule has 0 saturated heterocycles. The molecule has 0 saturated carbocycles. The number of aromatic hydroxyl groups is 1. The predicted octanol–water partition coefficient (Wildman–Crippen LogP) is 4.74. The number of carbonyl (C=O) groups excluding carboxylic acids is 2. The SMILES string of the molecule is COC(=O)c1c(N(Cc2ccc(F)cc2)C(C)=O)sc2c(Cl)c(O)ccc12. The molecule has 1 amide bonds. The van der Waals surface area contributed by atoms with Crippen LogP contribution >= 0.6 is 22.9 Å². The first kappa shape index (κ1) is 19.1. The summed E-state index contributed by atoms with van der Waals surface area (Å²) >= 11 is 7.29. The number of anilines is 1. The van der Waals surface area contributed by atoms with Crippen molar-refractivity contribution in [1.29, 1.82) is 0 Å². The Bertz CT molecular complexity index is 1030. The Kier molecular flexibility index (Phi) is 5.34. The lowest BCUT2D eigenvalue weighted by Gasteiger charge is -2.20. The van der Waals surface area contributed by atoms with Gasteiger partial charge < -0.3 is 9.84 Å². The molecular formula is C19H15ClFNO4S. The molecule has 5 nitrogen and oxygen atoms in total. The number of hydrogen-bond acceptors (Lipinski definition) is 5. The molecule has 0 spiro atoms. The molecule has 1 heterocycles. The number of esters is 1. The maximum Gasteiger partial charge on any atom is 0.341 e. The third-order valence-corrected chi connectivity index (χ3v) is 5.77. The number of carbonyl (C=O) groups is 2. The van der Waals surface area contributed by atoms with Crippen molar-refractivity contribution in [3.63, 3.8) is 0 Å². The molecular weight excluding hydrogens is 393 g/mol. The lowest BCUT2D eigenvalue weighted by Crippen LogP contribution is -2.28. The average Bonchev–Trinajstić information content (AvgIpc) is 3.03. The molecule has 0 aliphatic carbocycles. The summed E-state index contributed by atoms with van der Waals surface area (Å²) in [7, 11) is 1.25. The molecule has 8 heteroatoms. The van der Waals surface area contributed by atoms with Gasteiger partial charge in [0.1, 0.15) is 27.2 Å². The fourth-order valence-corrected chi connectivity index (χ4v) is 4.24. The van der Waals surface area contributed by atoms with Crippen LogP contribution in [0.15, 0.2) is 36.4 Å². The van der Waals surface area contributed by atoms with Crippen LogP contribution in [0.5, 0.6) is 5.75 Å². The number of halogens is 2. The number of rotatable bonds is 4. The number of phenolic OH excluding ortho intramolecular Hbond substituents is 1. The molecule has 0 aliphatic rings.